The zero-order valence-corrected chi connectivity index (χ0v) is 12.8. The monoisotopic (exact) mass is 293 g/mol. The van der Waals surface area contributed by atoms with E-state index < -0.39 is 0 Å². The maximum absolute atomic E-state index is 4.78. The predicted octanol–water partition coefficient (Wildman–Crippen LogP) is 3.49. The van der Waals surface area contributed by atoms with Gasteiger partial charge in [-0.25, -0.2) is 14.5 Å². The highest BCUT2D eigenvalue weighted by molar-refractivity contribution is 5.81. The quantitative estimate of drug-likeness (QED) is 0.800. The Morgan fingerprint density at radius 3 is 2.86 bits per heavy atom. The molecule has 0 saturated heterocycles. The summed E-state index contributed by atoms with van der Waals surface area (Å²) in [7, 11) is 0. The van der Waals surface area contributed by atoms with Crippen LogP contribution in [0.15, 0.2) is 36.7 Å². The van der Waals surface area contributed by atoms with Crippen LogP contribution < -0.4 is 5.32 Å². The van der Waals surface area contributed by atoms with E-state index in [1.807, 2.05) is 35.1 Å². The summed E-state index contributed by atoms with van der Waals surface area (Å²) in [5, 5.41) is 8.05. The van der Waals surface area contributed by atoms with Crippen LogP contribution in [-0.4, -0.2) is 25.6 Å². The number of nitrogens with zero attached hydrogens (tertiary/aromatic N) is 4. The van der Waals surface area contributed by atoms with Crippen LogP contribution in [0.5, 0.6) is 0 Å². The van der Waals surface area contributed by atoms with Crippen molar-refractivity contribution in [1.29, 1.82) is 0 Å². The van der Waals surface area contributed by atoms with Gasteiger partial charge in [-0.05, 0) is 44.9 Å². The van der Waals surface area contributed by atoms with Gasteiger partial charge in [-0.3, -0.25) is 0 Å². The molecule has 1 N–H and O–H groups in total. The van der Waals surface area contributed by atoms with Gasteiger partial charge in [0.2, 0.25) is 5.95 Å². The molecule has 5 heteroatoms. The van der Waals surface area contributed by atoms with E-state index in [1.54, 1.807) is 0 Å². The molecular weight excluding hydrogens is 274 g/mol. The number of hydrogen-bond acceptors (Lipinski definition) is 4. The lowest BCUT2D eigenvalue weighted by Gasteiger charge is -2.09. The summed E-state index contributed by atoms with van der Waals surface area (Å²) < 4.78 is 1.96. The first-order valence-electron chi connectivity index (χ1n) is 7.79. The maximum atomic E-state index is 4.78. The van der Waals surface area contributed by atoms with Gasteiger partial charge < -0.3 is 5.32 Å². The highest BCUT2D eigenvalue weighted by Crippen LogP contribution is 2.44. The molecule has 4 rings (SSSR count). The van der Waals surface area contributed by atoms with E-state index in [9.17, 15) is 0 Å². The summed E-state index contributed by atoms with van der Waals surface area (Å²) in [4.78, 5) is 9.01. The Kier molecular flexibility index (Phi) is 3.06. The molecule has 3 heterocycles. The van der Waals surface area contributed by atoms with Gasteiger partial charge in [-0.1, -0.05) is 6.07 Å². The zero-order chi connectivity index (χ0) is 15.1. The predicted molar refractivity (Wildman–Crippen MR) is 87.0 cm³/mol. The molecule has 5 nitrogen and oxygen atoms in total. The second-order valence-electron chi connectivity index (χ2n) is 6.13. The third-order valence-corrected chi connectivity index (χ3v) is 3.86. The molecule has 0 amide bonds. The van der Waals surface area contributed by atoms with Crippen molar-refractivity contribution < 1.29 is 0 Å². The van der Waals surface area contributed by atoms with Crippen LogP contribution in [0.3, 0.4) is 0 Å². The first-order chi connectivity index (χ1) is 10.7. The molecule has 0 radical (unpaired) electrons. The Morgan fingerprint density at radius 1 is 1.23 bits per heavy atom. The second kappa shape index (κ2) is 5.09. The fraction of sp³-hybridized carbons (Fsp3) is 0.353. The Labute approximate surface area is 129 Å². The van der Waals surface area contributed by atoms with Crippen LogP contribution in [-0.2, 0) is 0 Å². The fourth-order valence-corrected chi connectivity index (χ4v) is 2.75. The average molecular weight is 293 g/mol. The van der Waals surface area contributed by atoms with Gasteiger partial charge in [0.25, 0.3) is 0 Å². The largest absolute Gasteiger partial charge is 0.352 e. The standard InChI is InChI=1S/C17H19N5/c1-11(2)19-17-18-9-8-13(20-17)15-14-5-3-4-10-22(14)21-16(15)12-6-7-12/h3-5,8-12H,6-7H2,1-2H3,(H,18,19,20). The lowest BCUT2D eigenvalue weighted by atomic mass is 10.1. The molecule has 0 bridgehead atoms. The van der Waals surface area contributed by atoms with E-state index in [2.05, 4.69) is 30.2 Å². The smallest absolute Gasteiger partial charge is 0.223 e. The summed E-state index contributed by atoms with van der Waals surface area (Å²) in [5.74, 6) is 1.25. The van der Waals surface area contributed by atoms with Crippen molar-refractivity contribution >= 4 is 11.5 Å². The van der Waals surface area contributed by atoms with Gasteiger partial charge >= 0.3 is 0 Å². The Bertz CT molecular complexity index is 817. The summed E-state index contributed by atoms with van der Waals surface area (Å²) in [6.07, 6.45) is 6.26. The van der Waals surface area contributed by atoms with E-state index in [1.165, 1.54) is 18.5 Å². The fourth-order valence-electron chi connectivity index (χ4n) is 2.75. The van der Waals surface area contributed by atoms with Gasteiger partial charge in [0.05, 0.1) is 16.9 Å². The molecule has 112 valence electrons. The number of rotatable bonds is 4. The summed E-state index contributed by atoms with van der Waals surface area (Å²) >= 11 is 0. The van der Waals surface area contributed by atoms with Gasteiger partial charge in [-0.2, -0.15) is 5.10 Å². The summed E-state index contributed by atoms with van der Waals surface area (Å²) in [6, 6.07) is 8.44. The second-order valence-corrected chi connectivity index (χ2v) is 6.13. The molecule has 0 spiro atoms. The molecule has 1 aliphatic rings. The SMILES string of the molecule is CC(C)Nc1nccc(-c2c(C3CC3)nn3ccccc23)n1. The van der Waals surface area contributed by atoms with Crippen LogP contribution in [0.25, 0.3) is 16.8 Å². The Hall–Kier alpha value is -2.43. The molecular formula is C17H19N5. The van der Waals surface area contributed by atoms with Crippen LogP contribution in [0.1, 0.15) is 38.3 Å². The topological polar surface area (TPSA) is 55.1 Å². The minimum atomic E-state index is 0.307. The van der Waals surface area contributed by atoms with Gasteiger partial charge in [0, 0.05) is 29.9 Å². The van der Waals surface area contributed by atoms with Crippen LogP contribution in [0, 0.1) is 0 Å². The lowest BCUT2D eigenvalue weighted by molar-refractivity contribution is 0.874. The van der Waals surface area contributed by atoms with Gasteiger partial charge in [0.1, 0.15) is 0 Å². The first-order valence-corrected chi connectivity index (χ1v) is 7.79. The average Bonchev–Trinajstić information content (AvgIpc) is 3.27. The molecule has 1 fully saturated rings. The van der Waals surface area contributed by atoms with E-state index >= 15 is 0 Å². The summed E-state index contributed by atoms with van der Waals surface area (Å²) in [6.45, 7) is 4.17. The van der Waals surface area contributed by atoms with Crippen molar-refractivity contribution in [2.75, 3.05) is 5.32 Å². The van der Waals surface area contributed by atoms with E-state index in [0.29, 0.717) is 17.9 Å². The molecule has 0 atom stereocenters. The van der Waals surface area contributed by atoms with E-state index in [-0.39, 0.29) is 0 Å². The van der Waals surface area contributed by atoms with Crippen molar-refractivity contribution in [3.8, 4) is 11.3 Å². The molecule has 3 aromatic rings. The van der Waals surface area contributed by atoms with Crippen molar-refractivity contribution in [3.05, 3.63) is 42.4 Å². The van der Waals surface area contributed by atoms with Crippen LogP contribution in [0.2, 0.25) is 0 Å². The highest BCUT2D eigenvalue weighted by atomic mass is 15.2. The van der Waals surface area contributed by atoms with Crippen molar-refractivity contribution in [3.63, 3.8) is 0 Å². The van der Waals surface area contributed by atoms with Gasteiger partial charge in [-0.15, -0.1) is 0 Å². The van der Waals surface area contributed by atoms with E-state index in [0.717, 1.165) is 16.8 Å². The molecule has 3 aromatic heterocycles. The molecule has 1 saturated carbocycles. The Morgan fingerprint density at radius 2 is 2.09 bits per heavy atom. The van der Waals surface area contributed by atoms with E-state index in [4.69, 9.17) is 10.1 Å². The third kappa shape index (κ3) is 2.32. The van der Waals surface area contributed by atoms with Crippen LogP contribution in [0.4, 0.5) is 5.95 Å². The maximum Gasteiger partial charge on any atom is 0.223 e. The first kappa shape index (κ1) is 13.2. The lowest BCUT2D eigenvalue weighted by Crippen LogP contribution is -2.12. The molecule has 0 aliphatic heterocycles. The number of aromatic nitrogens is 4. The Balaban J connectivity index is 1.88. The normalized spacial score (nSPS) is 14.7. The highest BCUT2D eigenvalue weighted by Gasteiger charge is 2.31. The van der Waals surface area contributed by atoms with Crippen LogP contribution >= 0.6 is 0 Å². The molecule has 22 heavy (non-hydrogen) atoms. The minimum absolute atomic E-state index is 0.307. The minimum Gasteiger partial charge on any atom is -0.352 e. The number of hydrogen-bond donors (Lipinski definition) is 1. The molecule has 0 aromatic carbocycles. The number of pyridine rings is 1. The summed E-state index contributed by atoms with van der Waals surface area (Å²) in [5.41, 5.74) is 4.37. The van der Waals surface area contributed by atoms with Crippen molar-refractivity contribution in [2.45, 2.75) is 38.6 Å². The zero-order valence-electron chi connectivity index (χ0n) is 12.8. The van der Waals surface area contributed by atoms with Crippen molar-refractivity contribution in [2.24, 2.45) is 0 Å². The number of fused-ring (bicyclic) bond motifs is 1. The third-order valence-electron chi connectivity index (χ3n) is 3.86. The number of nitrogens with one attached hydrogen (secondary N) is 1. The van der Waals surface area contributed by atoms with Crippen molar-refractivity contribution in [1.82, 2.24) is 19.6 Å². The molecule has 1 aliphatic carbocycles. The molecule has 0 unspecified atom stereocenters. The van der Waals surface area contributed by atoms with Gasteiger partial charge in [0.15, 0.2) is 0 Å². The number of anilines is 1.